The molecule has 1 aliphatic heterocycles. The van der Waals surface area contributed by atoms with Crippen molar-refractivity contribution in [1.29, 1.82) is 0 Å². The molecule has 1 saturated heterocycles. The van der Waals surface area contributed by atoms with Gasteiger partial charge >= 0.3 is 0 Å². The quantitative estimate of drug-likeness (QED) is 0.394. The molecule has 0 bridgehead atoms. The van der Waals surface area contributed by atoms with Crippen LogP contribution in [0.15, 0.2) is 56.9 Å². The van der Waals surface area contributed by atoms with E-state index < -0.39 is 0 Å². The van der Waals surface area contributed by atoms with Crippen molar-refractivity contribution in [3.8, 4) is 0 Å². The normalized spacial score (nSPS) is 18.6. The molecule has 7 nitrogen and oxygen atoms in total. The van der Waals surface area contributed by atoms with Gasteiger partial charge in [-0.2, -0.15) is 0 Å². The molecule has 0 spiro atoms. The number of amides is 1. The van der Waals surface area contributed by atoms with Gasteiger partial charge in [0, 0.05) is 19.3 Å². The van der Waals surface area contributed by atoms with E-state index in [1.54, 1.807) is 36.7 Å². The zero-order chi connectivity index (χ0) is 22.9. The Hall–Kier alpha value is -2.91. The molecule has 0 aromatic carbocycles. The van der Waals surface area contributed by atoms with E-state index in [9.17, 15) is 9.59 Å². The third kappa shape index (κ3) is 4.22. The minimum absolute atomic E-state index is 0.199. The van der Waals surface area contributed by atoms with Crippen molar-refractivity contribution >= 4 is 51.7 Å². The molecule has 0 radical (unpaired) electrons. The fourth-order valence-electron chi connectivity index (χ4n) is 4.45. The molecule has 5 rings (SSSR count). The third-order valence-electron chi connectivity index (χ3n) is 6.25. The highest BCUT2D eigenvalue weighted by atomic mass is 32.2. The Kier molecular flexibility index (Phi) is 6.07. The minimum Gasteiger partial charge on any atom is -0.467 e. The summed E-state index contributed by atoms with van der Waals surface area (Å²) in [5.41, 5.74) is 0.794. The van der Waals surface area contributed by atoms with Gasteiger partial charge in [0.2, 0.25) is 0 Å². The van der Waals surface area contributed by atoms with Crippen LogP contribution in [-0.2, 0) is 11.3 Å². The number of rotatable bonds is 5. The monoisotopic (exact) mass is 480 g/mol. The second-order valence-electron chi connectivity index (χ2n) is 8.33. The molecule has 0 unspecified atom stereocenters. The largest absolute Gasteiger partial charge is 0.467 e. The lowest BCUT2D eigenvalue weighted by Crippen LogP contribution is -2.36. The Balaban J connectivity index is 1.57. The molecular weight excluding hydrogens is 456 g/mol. The molecule has 0 atom stereocenters. The van der Waals surface area contributed by atoms with Gasteiger partial charge in [-0.3, -0.25) is 18.9 Å². The highest BCUT2D eigenvalue weighted by Crippen LogP contribution is 2.35. The van der Waals surface area contributed by atoms with Crippen molar-refractivity contribution in [3.63, 3.8) is 0 Å². The zero-order valence-electron chi connectivity index (χ0n) is 18.3. The minimum atomic E-state index is -0.231. The van der Waals surface area contributed by atoms with Crippen molar-refractivity contribution in [2.75, 3.05) is 11.9 Å². The molecule has 1 saturated carbocycles. The number of hydrogen-bond donors (Lipinski definition) is 0. The standard InChI is InChI=1S/C24H24N4O3S2/c1-26(16-8-3-2-4-9-16)21-18(22(29)27-12-6-5-11-20(27)25-21)14-19-23(30)28(24(32)33-19)15-17-10-7-13-31-17/h5-7,10-14,16H,2-4,8-9,15H2,1H3/b19-14+. The Morgan fingerprint density at radius 3 is 2.79 bits per heavy atom. The number of carbonyl (C=O) groups excluding carboxylic acids is 1. The molecule has 2 fully saturated rings. The lowest BCUT2D eigenvalue weighted by Gasteiger charge is -2.33. The number of hydrogen-bond acceptors (Lipinski definition) is 7. The van der Waals surface area contributed by atoms with Gasteiger partial charge in [0.05, 0.1) is 23.3 Å². The average Bonchev–Trinajstić information content (AvgIpc) is 3.45. The van der Waals surface area contributed by atoms with Gasteiger partial charge in [0.25, 0.3) is 11.5 Å². The van der Waals surface area contributed by atoms with Gasteiger partial charge < -0.3 is 9.32 Å². The van der Waals surface area contributed by atoms with Gasteiger partial charge in [-0.25, -0.2) is 4.98 Å². The summed E-state index contributed by atoms with van der Waals surface area (Å²) in [6, 6.07) is 9.39. The maximum atomic E-state index is 13.5. The van der Waals surface area contributed by atoms with Crippen LogP contribution in [0.1, 0.15) is 43.4 Å². The molecule has 1 amide bonds. The Bertz CT molecular complexity index is 1290. The first-order valence-corrected chi connectivity index (χ1v) is 12.3. The smallest absolute Gasteiger partial charge is 0.267 e. The first-order valence-electron chi connectivity index (χ1n) is 11.0. The van der Waals surface area contributed by atoms with Crippen LogP contribution in [-0.4, -0.2) is 37.6 Å². The van der Waals surface area contributed by atoms with Crippen LogP contribution in [0.3, 0.4) is 0 Å². The lowest BCUT2D eigenvalue weighted by molar-refractivity contribution is -0.122. The number of pyridine rings is 1. The molecule has 3 aromatic rings. The van der Waals surface area contributed by atoms with E-state index in [4.69, 9.17) is 21.6 Å². The summed E-state index contributed by atoms with van der Waals surface area (Å²) in [6.45, 7) is 0.263. The van der Waals surface area contributed by atoms with E-state index in [2.05, 4.69) is 4.90 Å². The highest BCUT2D eigenvalue weighted by molar-refractivity contribution is 8.26. The second kappa shape index (κ2) is 9.15. The van der Waals surface area contributed by atoms with Gasteiger partial charge in [0.15, 0.2) is 0 Å². The van der Waals surface area contributed by atoms with Crippen LogP contribution in [0.4, 0.5) is 5.82 Å². The summed E-state index contributed by atoms with van der Waals surface area (Å²) < 4.78 is 7.34. The predicted molar refractivity (Wildman–Crippen MR) is 134 cm³/mol. The number of furan rings is 1. The van der Waals surface area contributed by atoms with Gasteiger partial charge in [-0.15, -0.1) is 0 Å². The van der Waals surface area contributed by atoms with E-state index in [1.807, 2.05) is 19.2 Å². The third-order valence-corrected chi connectivity index (χ3v) is 7.63. The summed E-state index contributed by atoms with van der Waals surface area (Å²) >= 11 is 6.66. The number of anilines is 1. The molecule has 1 aliphatic carbocycles. The lowest BCUT2D eigenvalue weighted by atomic mass is 9.94. The van der Waals surface area contributed by atoms with Crippen molar-refractivity contribution < 1.29 is 9.21 Å². The molecule has 2 aliphatic rings. The summed E-state index contributed by atoms with van der Waals surface area (Å²) in [7, 11) is 2.00. The van der Waals surface area contributed by atoms with Crippen LogP contribution < -0.4 is 10.5 Å². The maximum Gasteiger partial charge on any atom is 0.267 e. The van der Waals surface area contributed by atoms with Gasteiger partial charge in [-0.1, -0.05) is 49.3 Å². The first kappa shape index (κ1) is 21.9. The summed E-state index contributed by atoms with van der Waals surface area (Å²) in [4.78, 5) is 35.6. The SMILES string of the molecule is CN(c1nc2ccccn2c(=O)c1/C=C1/SC(=S)N(Cc2ccco2)C1=O)C1CCCCC1. The molecule has 9 heteroatoms. The van der Waals surface area contributed by atoms with Crippen LogP contribution in [0.5, 0.6) is 0 Å². The molecule has 33 heavy (non-hydrogen) atoms. The Morgan fingerprint density at radius 1 is 1.21 bits per heavy atom. The van der Waals surface area contributed by atoms with E-state index >= 15 is 0 Å². The number of aromatic nitrogens is 2. The van der Waals surface area contributed by atoms with E-state index in [0.717, 1.165) is 12.8 Å². The van der Waals surface area contributed by atoms with E-state index in [0.29, 0.717) is 38.1 Å². The maximum absolute atomic E-state index is 13.5. The van der Waals surface area contributed by atoms with Crippen molar-refractivity contribution in [2.24, 2.45) is 0 Å². The van der Waals surface area contributed by atoms with E-state index in [-0.39, 0.29) is 18.0 Å². The Morgan fingerprint density at radius 2 is 2.03 bits per heavy atom. The summed E-state index contributed by atoms with van der Waals surface area (Å²) in [5.74, 6) is 1.03. The van der Waals surface area contributed by atoms with Crippen molar-refractivity contribution in [1.82, 2.24) is 14.3 Å². The number of thiocarbonyl (C=S) groups is 1. The molecular formula is C24H24N4O3S2. The van der Waals surface area contributed by atoms with Crippen molar-refractivity contribution in [2.45, 2.75) is 44.7 Å². The molecule has 4 heterocycles. The summed E-state index contributed by atoms with van der Waals surface area (Å²) in [6.07, 6.45) is 10.6. The van der Waals surface area contributed by atoms with E-state index in [1.165, 1.54) is 40.3 Å². The number of fused-ring (bicyclic) bond motifs is 1. The zero-order valence-corrected chi connectivity index (χ0v) is 19.9. The number of nitrogens with zero attached hydrogens (tertiary/aromatic N) is 4. The number of thioether (sulfide) groups is 1. The van der Waals surface area contributed by atoms with Crippen LogP contribution in [0.25, 0.3) is 11.7 Å². The average molecular weight is 481 g/mol. The first-order chi connectivity index (χ1) is 16.0. The second-order valence-corrected chi connectivity index (χ2v) is 10.0. The molecule has 170 valence electrons. The van der Waals surface area contributed by atoms with Gasteiger partial charge in [0.1, 0.15) is 21.5 Å². The topological polar surface area (TPSA) is 71.1 Å². The van der Waals surface area contributed by atoms with Crippen molar-refractivity contribution in [3.05, 3.63) is 69.4 Å². The fourth-order valence-corrected chi connectivity index (χ4v) is 5.69. The van der Waals surface area contributed by atoms with Gasteiger partial charge in [-0.05, 0) is 43.2 Å². The molecule has 0 N–H and O–H groups in total. The Labute approximate surface area is 201 Å². The highest BCUT2D eigenvalue weighted by Gasteiger charge is 2.33. The summed E-state index contributed by atoms with van der Waals surface area (Å²) in [5, 5.41) is 0. The fraction of sp³-hybridized carbons (Fsp3) is 0.333. The van der Waals surface area contributed by atoms with Crippen LogP contribution in [0.2, 0.25) is 0 Å². The predicted octanol–water partition coefficient (Wildman–Crippen LogP) is 4.46. The number of carbonyl (C=O) groups is 1. The van der Waals surface area contributed by atoms with Crippen LogP contribution >= 0.6 is 24.0 Å². The molecule has 3 aromatic heterocycles. The van der Waals surface area contributed by atoms with Crippen LogP contribution in [0, 0.1) is 0 Å².